The number of carbonyl (C=O) groups is 1. The van der Waals surface area contributed by atoms with Gasteiger partial charge in [0, 0.05) is 12.0 Å². The molecule has 0 saturated carbocycles. The Morgan fingerprint density at radius 3 is 2.38 bits per heavy atom. The highest BCUT2D eigenvalue weighted by Crippen LogP contribution is 2.30. The Kier molecular flexibility index (Phi) is 7.81. The SMILES string of the molecule is CCCCc1nc(C(C)C)c(CC(=O)O)c(=O)n1Cc1ccc(-c2ccccc2-c2noc(=O)[nH]2)cc1. The number of benzene rings is 2. The van der Waals surface area contributed by atoms with Gasteiger partial charge in [0.25, 0.3) is 5.56 Å². The fourth-order valence-corrected chi connectivity index (χ4v) is 4.40. The quantitative estimate of drug-likeness (QED) is 0.329. The van der Waals surface area contributed by atoms with Gasteiger partial charge in [0.1, 0.15) is 5.82 Å². The van der Waals surface area contributed by atoms with Crippen molar-refractivity contribution in [2.45, 2.75) is 58.9 Å². The van der Waals surface area contributed by atoms with Crippen molar-refractivity contribution >= 4 is 5.97 Å². The van der Waals surface area contributed by atoms with Crippen LogP contribution in [0.15, 0.2) is 62.6 Å². The van der Waals surface area contributed by atoms with Gasteiger partial charge in [-0.15, -0.1) is 0 Å². The van der Waals surface area contributed by atoms with Gasteiger partial charge in [0.05, 0.1) is 24.2 Å². The molecule has 0 spiro atoms. The predicted molar refractivity (Wildman–Crippen MR) is 140 cm³/mol. The first-order chi connectivity index (χ1) is 17.8. The number of hydrogen-bond acceptors (Lipinski definition) is 6. The van der Waals surface area contributed by atoms with Crippen LogP contribution < -0.4 is 11.3 Å². The van der Waals surface area contributed by atoms with Crippen molar-refractivity contribution in [1.29, 1.82) is 0 Å². The summed E-state index contributed by atoms with van der Waals surface area (Å²) >= 11 is 0. The van der Waals surface area contributed by atoms with Crippen molar-refractivity contribution in [3.05, 3.63) is 92.1 Å². The van der Waals surface area contributed by atoms with Gasteiger partial charge >= 0.3 is 11.7 Å². The number of carboxylic acids is 1. The van der Waals surface area contributed by atoms with Gasteiger partial charge in [0.2, 0.25) is 0 Å². The predicted octanol–water partition coefficient (Wildman–Crippen LogP) is 4.40. The Morgan fingerprint density at radius 2 is 1.78 bits per heavy atom. The van der Waals surface area contributed by atoms with Crippen LogP contribution in [-0.4, -0.2) is 30.8 Å². The molecule has 0 amide bonds. The number of aryl methyl sites for hydroxylation is 1. The number of hydrogen-bond donors (Lipinski definition) is 2. The molecule has 2 aromatic heterocycles. The molecule has 0 aliphatic carbocycles. The Hall–Kier alpha value is -4.27. The molecule has 0 atom stereocenters. The van der Waals surface area contributed by atoms with Gasteiger partial charge in [0.15, 0.2) is 5.82 Å². The lowest BCUT2D eigenvalue weighted by Crippen LogP contribution is -2.32. The van der Waals surface area contributed by atoms with Crippen molar-refractivity contribution in [1.82, 2.24) is 19.7 Å². The van der Waals surface area contributed by atoms with Crippen molar-refractivity contribution < 1.29 is 14.4 Å². The van der Waals surface area contributed by atoms with Crippen LogP contribution in [0.2, 0.25) is 0 Å². The zero-order valence-corrected chi connectivity index (χ0v) is 21.2. The van der Waals surface area contributed by atoms with Gasteiger partial charge in [-0.05, 0) is 29.0 Å². The number of nitrogens with one attached hydrogen (secondary N) is 1. The third-order valence-electron chi connectivity index (χ3n) is 6.23. The molecule has 0 aliphatic rings. The van der Waals surface area contributed by atoms with Gasteiger partial charge in [-0.1, -0.05) is 80.9 Å². The van der Waals surface area contributed by atoms with Crippen LogP contribution in [0, 0.1) is 0 Å². The maximum absolute atomic E-state index is 13.5. The average Bonchev–Trinajstić information content (AvgIpc) is 3.32. The molecule has 0 fully saturated rings. The first kappa shape index (κ1) is 25.8. The number of aliphatic carboxylic acids is 1. The molecule has 0 aliphatic heterocycles. The lowest BCUT2D eigenvalue weighted by atomic mass is 9.98. The van der Waals surface area contributed by atoms with Gasteiger partial charge in [-0.25, -0.2) is 9.78 Å². The molecule has 9 heteroatoms. The Bertz CT molecular complexity index is 1510. The smallest absolute Gasteiger partial charge is 0.439 e. The van der Waals surface area contributed by atoms with Crippen LogP contribution in [-0.2, 0) is 24.2 Å². The molecule has 0 bridgehead atoms. The van der Waals surface area contributed by atoms with E-state index in [0.29, 0.717) is 23.8 Å². The largest absolute Gasteiger partial charge is 0.481 e. The minimum atomic E-state index is -1.05. The summed E-state index contributed by atoms with van der Waals surface area (Å²) in [6, 6.07) is 15.3. The van der Waals surface area contributed by atoms with E-state index in [1.807, 2.05) is 62.4 Å². The van der Waals surface area contributed by atoms with E-state index < -0.39 is 11.7 Å². The van der Waals surface area contributed by atoms with Crippen molar-refractivity contribution in [2.24, 2.45) is 0 Å². The minimum Gasteiger partial charge on any atom is -0.481 e. The van der Waals surface area contributed by atoms with Crippen LogP contribution in [0.25, 0.3) is 22.5 Å². The second-order valence-electron chi connectivity index (χ2n) is 9.30. The Balaban J connectivity index is 1.72. The van der Waals surface area contributed by atoms with E-state index in [9.17, 15) is 19.5 Å². The number of carboxylic acid groups (broad SMARTS) is 1. The number of unbranched alkanes of at least 4 members (excludes halogenated alkanes) is 1. The third kappa shape index (κ3) is 5.77. The topological polar surface area (TPSA) is 131 Å². The maximum atomic E-state index is 13.5. The van der Waals surface area contributed by atoms with Crippen LogP contribution in [0.1, 0.15) is 62.2 Å². The molecule has 4 aromatic rings. The zero-order valence-electron chi connectivity index (χ0n) is 21.2. The fraction of sp³-hybridized carbons (Fsp3) is 0.321. The van der Waals surface area contributed by atoms with E-state index in [1.165, 1.54) is 0 Å². The summed E-state index contributed by atoms with van der Waals surface area (Å²) in [5.74, 6) is -0.710. The summed E-state index contributed by atoms with van der Waals surface area (Å²) in [6.07, 6.45) is 2.12. The van der Waals surface area contributed by atoms with E-state index in [0.717, 1.165) is 35.1 Å². The molecule has 37 heavy (non-hydrogen) atoms. The van der Waals surface area contributed by atoms with Gasteiger partial charge in [-0.2, -0.15) is 0 Å². The van der Waals surface area contributed by atoms with Crippen LogP contribution in [0.4, 0.5) is 0 Å². The molecule has 0 radical (unpaired) electrons. The molecule has 2 aromatic carbocycles. The van der Waals surface area contributed by atoms with E-state index >= 15 is 0 Å². The molecule has 192 valence electrons. The van der Waals surface area contributed by atoms with E-state index in [-0.39, 0.29) is 30.0 Å². The van der Waals surface area contributed by atoms with Crippen molar-refractivity contribution in [3.63, 3.8) is 0 Å². The van der Waals surface area contributed by atoms with E-state index in [4.69, 9.17) is 4.98 Å². The minimum absolute atomic E-state index is 0.0592. The van der Waals surface area contributed by atoms with Crippen molar-refractivity contribution in [2.75, 3.05) is 0 Å². The number of rotatable bonds is 10. The number of H-pyrrole nitrogens is 1. The Morgan fingerprint density at radius 1 is 1.08 bits per heavy atom. The monoisotopic (exact) mass is 502 g/mol. The molecular formula is C28H30N4O5. The zero-order chi connectivity index (χ0) is 26.5. The number of aromatic amines is 1. The second kappa shape index (κ2) is 11.2. The first-order valence-corrected chi connectivity index (χ1v) is 12.4. The van der Waals surface area contributed by atoms with Crippen molar-refractivity contribution in [3.8, 4) is 22.5 Å². The summed E-state index contributed by atoms with van der Waals surface area (Å²) in [7, 11) is 0. The third-order valence-corrected chi connectivity index (χ3v) is 6.23. The van der Waals surface area contributed by atoms with Crippen LogP contribution in [0.3, 0.4) is 0 Å². The molecule has 0 saturated heterocycles. The lowest BCUT2D eigenvalue weighted by molar-refractivity contribution is -0.136. The summed E-state index contributed by atoms with van der Waals surface area (Å²) in [5, 5.41) is 13.2. The second-order valence-corrected chi connectivity index (χ2v) is 9.30. The summed E-state index contributed by atoms with van der Waals surface area (Å²) in [6.45, 7) is 6.21. The lowest BCUT2D eigenvalue weighted by Gasteiger charge is -2.18. The molecule has 4 rings (SSSR count). The normalized spacial score (nSPS) is 11.2. The van der Waals surface area contributed by atoms with E-state index in [2.05, 4.69) is 21.6 Å². The molecule has 9 nitrogen and oxygen atoms in total. The van der Waals surface area contributed by atoms with Gasteiger partial charge < -0.3 is 5.11 Å². The molecule has 2 N–H and O–H groups in total. The fourth-order valence-electron chi connectivity index (χ4n) is 4.40. The summed E-state index contributed by atoms with van der Waals surface area (Å²) < 4.78 is 6.28. The number of aromatic nitrogens is 4. The van der Waals surface area contributed by atoms with Gasteiger partial charge in [-0.3, -0.25) is 23.7 Å². The molecule has 0 unspecified atom stereocenters. The summed E-state index contributed by atoms with van der Waals surface area (Å²) in [5.41, 5.74) is 3.90. The number of nitrogens with zero attached hydrogens (tertiary/aromatic N) is 3. The highest BCUT2D eigenvalue weighted by Gasteiger charge is 2.21. The molecule has 2 heterocycles. The maximum Gasteiger partial charge on any atom is 0.439 e. The summed E-state index contributed by atoms with van der Waals surface area (Å²) in [4.78, 5) is 43.9. The van der Waals surface area contributed by atoms with Crippen LogP contribution >= 0.6 is 0 Å². The van der Waals surface area contributed by atoms with Crippen LogP contribution in [0.5, 0.6) is 0 Å². The van der Waals surface area contributed by atoms with E-state index in [1.54, 1.807) is 4.57 Å². The average molecular weight is 503 g/mol. The standard InChI is InChI=1S/C28H30N4O5/c1-4-5-10-23-29-25(17(2)3)22(15-24(33)34)27(35)32(23)16-18-11-13-19(14-12-18)20-8-6-7-9-21(20)26-30-28(36)37-31-26/h6-9,11-14,17H,4-5,10,15-16H2,1-3H3,(H,33,34)(H,30,31,36). The first-order valence-electron chi connectivity index (χ1n) is 12.4. The Labute approximate surface area is 213 Å². The molecular weight excluding hydrogens is 472 g/mol. The highest BCUT2D eigenvalue weighted by atomic mass is 16.5. The highest BCUT2D eigenvalue weighted by molar-refractivity contribution is 5.80.